The summed E-state index contributed by atoms with van der Waals surface area (Å²) in [4.78, 5) is 11.4. The summed E-state index contributed by atoms with van der Waals surface area (Å²) in [6.07, 6.45) is 3.66. The van der Waals surface area contributed by atoms with Crippen molar-refractivity contribution in [1.29, 1.82) is 0 Å². The molecule has 1 rings (SSSR count). The molecule has 0 bridgehead atoms. The summed E-state index contributed by atoms with van der Waals surface area (Å²) in [6.45, 7) is 8.48. The first kappa shape index (κ1) is 17.0. The van der Waals surface area contributed by atoms with Gasteiger partial charge in [-0.25, -0.2) is 4.79 Å². The normalized spacial score (nSPS) is 13.0. The van der Waals surface area contributed by atoms with Crippen molar-refractivity contribution >= 4 is 12.0 Å². The molecule has 0 heterocycles. The molecule has 0 unspecified atom stereocenters. The maximum absolute atomic E-state index is 11.4. The molecule has 0 aliphatic heterocycles. The zero-order valence-electron chi connectivity index (χ0n) is 13.7. The van der Waals surface area contributed by atoms with Crippen molar-refractivity contribution in [2.75, 3.05) is 14.2 Å². The van der Waals surface area contributed by atoms with E-state index in [1.165, 1.54) is 19.8 Å². The molecule has 0 saturated carbocycles. The van der Waals surface area contributed by atoms with Gasteiger partial charge in [-0.15, -0.1) is 0 Å². The van der Waals surface area contributed by atoms with Gasteiger partial charge in [0.15, 0.2) is 0 Å². The Kier molecular flexibility index (Phi) is 5.77. The van der Waals surface area contributed by atoms with Crippen LogP contribution in [0.3, 0.4) is 0 Å². The molecule has 0 fully saturated rings. The Morgan fingerprint density at radius 3 is 2.05 bits per heavy atom. The van der Waals surface area contributed by atoms with E-state index in [0.717, 1.165) is 11.1 Å². The van der Waals surface area contributed by atoms with E-state index < -0.39 is 5.97 Å². The van der Waals surface area contributed by atoms with Crippen molar-refractivity contribution in [1.82, 2.24) is 0 Å². The van der Waals surface area contributed by atoms with Gasteiger partial charge in [0.25, 0.3) is 0 Å². The van der Waals surface area contributed by atoms with Gasteiger partial charge in [-0.2, -0.15) is 0 Å². The first-order valence-corrected chi connectivity index (χ1v) is 6.90. The van der Waals surface area contributed by atoms with Gasteiger partial charge in [-0.3, -0.25) is 0 Å². The van der Waals surface area contributed by atoms with Crippen molar-refractivity contribution in [3.8, 4) is 0 Å². The van der Waals surface area contributed by atoms with E-state index in [9.17, 15) is 4.79 Å². The quantitative estimate of drug-likeness (QED) is 0.362. The largest absolute Gasteiger partial charge is 0.490 e. The molecule has 21 heavy (non-hydrogen) atoms. The Labute approximate surface area is 127 Å². The third kappa shape index (κ3) is 5.10. The minimum Gasteiger partial charge on any atom is -0.490 e. The Balaban J connectivity index is 2.97. The van der Waals surface area contributed by atoms with Gasteiger partial charge in [-0.1, -0.05) is 51.1 Å². The molecule has 0 saturated heterocycles. The van der Waals surface area contributed by atoms with Crippen LogP contribution in [0.1, 0.15) is 38.8 Å². The molecule has 1 aromatic carbocycles. The maximum atomic E-state index is 11.4. The zero-order valence-corrected chi connectivity index (χ0v) is 13.7. The van der Waals surface area contributed by atoms with Gasteiger partial charge >= 0.3 is 5.97 Å². The predicted molar refractivity (Wildman–Crippen MR) is 85.9 cm³/mol. The van der Waals surface area contributed by atoms with Crippen LogP contribution in [-0.2, 0) is 19.7 Å². The number of carbonyl (C=O) groups excluding carboxylic acids is 1. The summed E-state index contributed by atoms with van der Waals surface area (Å²) >= 11 is 0. The van der Waals surface area contributed by atoms with Crippen LogP contribution in [-0.4, -0.2) is 20.2 Å². The van der Waals surface area contributed by atoms with Crippen LogP contribution in [0.2, 0.25) is 0 Å². The fourth-order valence-corrected chi connectivity index (χ4v) is 1.89. The topological polar surface area (TPSA) is 35.5 Å². The van der Waals surface area contributed by atoms with Gasteiger partial charge in [0.05, 0.1) is 14.2 Å². The number of methoxy groups -OCH3 is 2. The molecule has 0 amide bonds. The molecule has 0 spiro atoms. The Bertz CT molecular complexity index is 543. The van der Waals surface area contributed by atoms with Crippen LogP contribution in [0.4, 0.5) is 0 Å². The highest BCUT2D eigenvalue weighted by molar-refractivity contribution is 5.87. The second kappa shape index (κ2) is 7.11. The second-order valence-electron chi connectivity index (χ2n) is 5.96. The van der Waals surface area contributed by atoms with Crippen molar-refractivity contribution in [3.05, 3.63) is 52.8 Å². The number of allylic oxidation sites excluding steroid dienone is 2. The van der Waals surface area contributed by atoms with Crippen LogP contribution < -0.4 is 0 Å². The molecular weight excluding hydrogens is 264 g/mol. The molecule has 0 atom stereocenters. The molecule has 0 aromatic heterocycles. The number of carbonyl (C=O) groups is 1. The minimum atomic E-state index is -0.478. The molecular formula is C18H24O3. The summed E-state index contributed by atoms with van der Waals surface area (Å²) < 4.78 is 9.67. The maximum Gasteiger partial charge on any atom is 0.373 e. The fraction of sp³-hybridized carbons (Fsp3) is 0.389. The number of ether oxygens (including phenoxy) is 2. The second-order valence-corrected chi connectivity index (χ2v) is 5.96. The summed E-state index contributed by atoms with van der Waals surface area (Å²) in [5, 5.41) is 0. The molecule has 0 aliphatic carbocycles. The van der Waals surface area contributed by atoms with Crippen LogP contribution in [0.5, 0.6) is 0 Å². The number of rotatable bonds is 4. The molecule has 0 N–H and O–H groups in total. The van der Waals surface area contributed by atoms with E-state index in [1.54, 1.807) is 6.08 Å². The lowest BCUT2D eigenvalue weighted by Gasteiger charge is -2.18. The molecule has 0 aliphatic rings. The first-order valence-electron chi connectivity index (χ1n) is 6.90. The van der Waals surface area contributed by atoms with E-state index in [0.29, 0.717) is 0 Å². The molecule has 3 nitrogen and oxygen atoms in total. The number of benzene rings is 1. The highest BCUT2D eigenvalue weighted by atomic mass is 16.6. The smallest absolute Gasteiger partial charge is 0.373 e. The third-order valence-corrected chi connectivity index (χ3v) is 3.14. The van der Waals surface area contributed by atoms with Crippen molar-refractivity contribution in [3.63, 3.8) is 0 Å². The van der Waals surface area contributed by atoms with E-state index in [1.807, 2.05) is 13.0 Å². The molecule has 1 aromatic rings. The van der Waals surface area contributed by atoms with Crippen molar-refractivity contribution in [2.24, 2.45) is 0 Å². The van der Waals surface area contributed by atoms with Crippen molar-refractivity contribution < 1.29 is 14.3 Å². The standard InChI is InChI=1S/C18H24O3/c1-13(12-16(20-5)17(19)21-6)11-14-7-9-15(10-8-14)18(2,3)4/h7-12H,1-6H3/b13-11+,16-12+. The van der Waals surface area contributed by atoms with Gasteiger partial charge in [-0.05, 0) is 35.1 Å². The molecule has 3 heteroatoms. The Morgan fingerprint density at radius 2 is 1.62 bits per heavy atom. The molecule has 114 valence electrons. The highest BCUT2D eigenvalue weighted by Gasteiger charge is 2.12. The Morgan fingerprint density at radius 1 is 1.05 bits per heavy atom. The van der Waals surface area contributed by atoms with Crippen LogP contribution in [0, 0.1) is 0 Å². The third-order valence-electron chi connectivity index (χ3n) is 3.14. The Hall–Kier alpha value is -2.03. The average molecular weight is 288 g/mol. The van der Waals surface area contributed by atoms with E-state index in [-0.39, 0.29) is 11.2 Å². The highest BCUT2D eigenvalue weighted by Crippen LogP contribution is 2.23. The summed E-state index contributed by atoms with van der Waals surface area (Å²) in [7, 11) is 2.79. The lowest BCUT2D eigenvalue weighted by atomic mass is 9.86. The summed E-state index contributed by atoms with van der Waals surface area (Å²) in [6, 6.07) is 8.39. The van der Waals surface area contributed by atoms with Crippen LogP contribution >= 0.6 is 0 Å². The van der Waals surface area contributed by atoms with E-state index >= 15 is 0 Å². The SMILES string of the molecule is COC(=O)/C(=C\C(C)=C\c1ccc(C(C)(C)C)cc1)OC. The lowest BCUT2D eigenvalue weighted by molar-refractivity contribution is -0.139. The van der Waals surface area contributed by atoms with E-state index in [4.69, 9.17) is 4.74 Å². The number of esters is 1. The van der Waals surface area contributed by atoms with E-state index in [2.05, 4.69) is 49.8 Å². The summed E-state index contributed by atoms with van der Waals surface area (Å²) in [5.74, 6) is -0.286. The zero-order chi connectivity index (χ0) is 16.0. The van der Waals surface area contributed by atoms with Gasteiger partial charge in [0.1, 0.15) is 0 Å². The van der Waals surface area contributed by atoms with Crippen LogP contribution in [0.25, 0.3) is 6.08 Å². The monoisotopic (exact) mass is 288 g/mol. The predicted octanol–water partition coefficient (Wildman–Crippen LogP) is 4.09. The lowest BCUT2D eigenvalue weighted by Crippen LogP contribution is -2.10. The number of hydrogen-bond acceptors (Lipinski definition) is 3. The van der Waals surface area contributed by atoms with Gasteiger partial charge < -0.3 is 9.47 Å². The fourth-order valence-electron chi connectivity index (χ4n) is 1.89. The van der Waals surface area contributed by atoms with Gasteiger partial charge in [0, 0.05) is 0 Å². The minimum absolute atomic E-state index is 0.144. The first-order chi connectivity index (χ1) is 9.77. The molecule has 0 radical (unpaired) electrons. The number of hydrogen-bond donors (Lipinski definition) is 0. The van der Waals surface area contributed by atoms with Crippen molar-refractivity contribution in [2.45, 2.75) is 33.1 Å². The van der Waals surface area contributed by atoms with Crippen LogP contribution in [0.15, 0.2) is 41.7 Å². The van der Waals surface area contributed by atoms with Gasteiger partial charge in [0.2, 0.25) is 5.76 Å². The summed E-state index contributed by atoms with van der Waals surface area (Å²) in [5.41, 5.74) is 3.43. The average Bonchev–Trinajstić information content (AvgIpc) is 2.43.